The van der Waals surface area contributed by atoms with Crippen molar-refractivity contribution in [2.75, 3.05) is 32.5 Å². The van der Waals surface area contributed by atoms with E-state index in [9.17, 15) is 13.6 Å². The number of rotatable bonds is 7. The lowest BCUT2D eigenvalue weighted by atomic mass is 10.3. The van der Waals surface area contributed by atoms with Crippen molar-refractivity contribution in [3.63, 3.8) is 0 Å². The Balaban J connectivity index is 1.99. The first-order valence-electron chi connectivity index (χ1n) is 7.44. The molecule has 6 nitrogen and oxygen atoms in total. The number of amides is 1. The minimum absolute atomic E-state index is 0.0277. The zero-order chi connectivity index (χ0) is 17.5. The highest BCUT2D eigenvalue weighted by atomic mass is 19.1. The van der Waals surface area contributed by atoms with Crippen molar-refractivity contribution in [1.29, 1.82) is 0 Å². The number of hydrogen-bond donors (Lipinski definition) is 2. The van der Waals surface area contributed by atoms with Crippen LogP contribution in [0.3, 0.4) is 0 Å². The molecule has 0 atom stereocenters. The molecular formula is C16H19F2N5O. The number of aromatic nitrogens is 2. The SMILES string of the molecule is CN(C)CCCNC(=O)c1ccnc(Nc2ccc(F)cc2F)n1. The Morgan fingerprint density at radius 3 is 2.75 bits per heavy atom. The van der Waals surface area contributed by atoms with Crippen molar-refractivity contribution in [2.45, 2.75) is 6.42 Å². The predicted molar refractivity (Wildman–Crippen MR) is 87.2 cm³/mol. The van der Waals surface area contributed by atoms with E-state index in [-0.39, 0.29) is 23.2 Å². The highest BCUT2D eigenvalue weighted by molar-refractivity contribution is 5.92. The molecule has 2 aromatic rings. The molecule has 24 heavy (non-hydrogen) atoms. The number of carbonyl (C=O) groups is 1. The van der Waals surface area contributed by atoms with Crippen LogP contribution in [-0.4, -0.2) is 48.0 Å². The summed E-state index contributed by atoms with van der Waals surface area (Å²) in [6.45, 7) is 1.39. The lowest BCUT2D eigenvalue weighted by Gasteiger charge is -2.10. The Hall–Kier alpha value is -2.61. The van der Waals surface area contributed by atoms with E-state index in [1.54, 1.807) is 0 Å². The Kier molecular flexibility index (Phi) is 6.14. The smallest absolute Gasteiger partial charge is 0.270 e. The van der Waals surface area contributed by atoms with Gasteiger partial charge < -0.3 is 15.5 Å². The van der Waals surface area contributed by atoms with Gasteiger partial charge in [0.15, 0.2) is 0 Å². The molecule has 1 heterocycles. The molecule has 0 saturated heterocycles. The summed E-state index contributed by atoms with van der Waals surface area (Å²) in [5, 5.41) is 5.38. The van der Waals surface area contributed by atoms with Gasteiger partial charge in [-0.1, -0.05) is 0 Å². The maximum Gasteiger partial charge on any atom is 0.270 e. The first-order valence-corrected chi connectivity index (χ1v) is 7.44. The summed E-state index contributed by atoms with van der Waals surface area (Å²) < 4.78 is 26.5. The molecule has 1 amide bonds. The molecule has 0 radical (unpaired) electrons. The Morgan fingerprint density at radius 1 is 1.25 bits per heavy atom. The van der Waals surface area contributed by atoms with Crippen LogP contribution < -0.4 is 10.6 Å². The maximum absolute atomic E-state index is 13.6. The minimum Gasteiger partial charge on any atom is -0.351 e. The third-order valence-corrected chi connectivity index (χ3v) is 3.13. The summed E-state index contributed by atoms with van der Waals surface area (Å²) in [7, 11) is 3.91. The third-order valence-electron chi connectivity index (χ3n) is 3.13. The lowest BCUT2D eigenvalue weighted by molar-refractivity contribution is 0.0947. The molecule has 1 aromatic carbocycles. The van der Waals surface area contributed by atoms with E-state index >= 15 is 0 Å². The van der Waals surface area contributed by atoms with E-state index in [4.69, 9.17) is 0 Å². The number of benzene rings is 1. The quantitative estimate of drug-likeness (QED) is 0.759. The lowest BCUT2D eigenvalue weighted by Crippen LogP contribution is -2.28. The van der Waals surface area contributed by atoms with E-state index in [0.717, 1.165) is 25.1 Å². The summed E-state index contributed by atoms with van der Waals surface area (Å²) in [5.74, 6) is -1.72. The molecule has 1 aromatic heterocycles. The van der Waals surface area contributed by atoms with Crippen LogP contribution in [0.2, 0.25) is 0 Å². The van der Waals surface area contributed by atoms with E-state index < -0.39 is 11.6 Å². The van der Waals surface area contributed by atoms with Crippen molar-refractivity contribution in [3.8, 4) is 0 Å². The largest absolute Gasteiger partial charge is 0.351 e. The van der Waals surface area contributed by atoms with Crippen LogP contribution in [0.1, 0.15) is 16.9 Å². The normalized spacial score (nSPS) is 10.7. The van der Waals surface area contributed by atoms with Crippen molar-refractivity contribution < 1.29 is 13.6 Å². The van der Waals surface area contributed by atoms with Crippen molar-refractivity contribution in [1.82, 2.24) is 20.2 Å². The van der Waals surface area contributed by atoms with Gasteiger partial charge in [-0.15, -0.1) is 0 Å². The standard InChI is InChI=1S/C16H19F2N5O/c1-23(2)9-3-7-19-15(24)14-6-8-20-16(22-14)21-13-5-4-11(17)10-12(13)18/h4-6,8,10H,3,7,9H2,1-2H3,(H,19,24)(H,20,21,22). The van der Waals surface area contributed by atoms with Crippen LogP contribution in [0.25, 0.3) is 0 Å². The average Bonchev–Trinajstić information content (AvgIpc) is 2.54. The summed E-state index contributed by atoms with van der Waals surface area (Å²) in [5.41, 5.74) is 0.194. The Bertz CT molecular complexity index is 709. The van der Waals surface area contributed by atoms with E-state index in [1.807, 2.05) is 19.0 Å². The van der Waals surface area contributed by atoms with Gasteiger partial charge in [0.05, 0.1) is 5.69 Å². The van der Waals surface area contributed by atoms with Crippen LogP contribution >= 0.6 is 0 Å². The molecule has 2 N–H and O–H groups in total. The molecule has 0 bridgehead atoms. The fraction of sp³-hybridized carbons (Fsp3) is 0.312. The second kappa shape index (κ2) is 8.30. The Labute approximate surface area is 138 Å². The summed E-state index contributed by atoms with van der Waals surface area (Å²) in [6.07, 6.45) is 2.21. The zero-order valence-electron chi connectivity index (χ0n) is 13.5. The average molecular weight is 335 g/mol. The van der Waals surface area contributed by atoms with Gasteiger partial charge in [0.25, 0.3) is 5.91 Å². The van der Waals surface area contributed by atoms with Gasteiger partial charge in [-0.25, -0.2) is 18.7 Å². The highest BCUT2D eigenvalue weighted by Gasteiger charge is 2.10. The van der Waals surface area contributed by atoms with Crippen molar-refractivity contribution >= 4 is 17.5 Å². The molecular weight excluding hydrogens is 316 g/mol. The summed E-state index contributed by atoms with van der Waals surface area (Å²) >= 11 is 0. The first-order chi connectivity index (χ1) is 11.5. The Morgan fingerprint density at radius 2 is 2.04 bits per heavy atom. The van der Waals surface area contributed by atoms with Crippen LogP contribution in [0.4, 0.5) is 20.4 Å². The number of carbonyl (C=O) groups excluding carboxylic acids is 1. The second-order valence-electron chi connectivity index (χ2n) is 5.43. The van der Waals surface area contributed by atoms with Gasteiger partial charge in [-0.2, -0.15) is 0 Å². The van der Waals surface area contributed by atoms with E-state index in [2.05, 4.69) is 20.6 Å². The molecule has 0 spiro atoms. The second-order valence-corrected chi connectivity index (χ2v) is 5.43. The third kappa shape index (κ3) is 5.24. The van der Waals surface area contributed by atoms with Gasteiger partial charge in [-0.05, 0) is 45.3 Å². The van der Waals surface area contributed by atoms with Gasteiger partial charge in [0.1, 0.15) is 17.3 Å². The van der Waals surface area contributed by atoms with Gasteiger partial charge in [0, 0.05) is 18.8 Å². The van der Waals surface area contributed by atoms with E-state index in [1.165, 1.54) is 18.3 Å². The van der Waals surface area contributed by atoms with Crippen LogP contribution in [0.15, 0.2) is 30.5 Å². The predicted octanol–water partition coefficient (Wildman–Crippen LogP) is 2.18. The number of nitrogens with zero attached hydrogens (tertiary/aromatic N) is 3. The van der Waals surface area contributed by atoms with Crippen LogP contribution in [-0.2, 0) is 0 Å². The monoisotopic (exact) mass is 335 g/mol. The molecule has 0 unspecified atom stereocenters. The van der Waals surface area contributed by atoms with Crippen LogP contribution in [0.5, 0.6) is 0 Å². The van der Waals surface area contributed by atoms with Gasteiger partial charge in [0.2, 0.25) is 5.95 Å². The molecule has 0 saturated carbocycles. The van der Waals surface area contributed by atoms with Crippen molar-refractivity contribution in [2.24, 2.45) is 0 Å². The molecule has 8 heteroatoms. The number of halogens is 2. The zero-order valence-corrected chi connectivity index (χ0v) is 13.5. The summed E-state index contributed by atoms with van der Waals surface area (Å²) in [6, 6.07) is 4.58. The van der Waals surface area contributed by atoms with E-state index in [0.29, 0.717) is 6.54 Å². The van der Waals surface area contributed by atoms with Gasteiger partial charge >= 0.3 is 0 Å². The molecule has 2 rings (SSSR count). The number of hydrogen-bond acceptors (Lipinski definition) is 5. The molecule has 128 valence electrons. The van der Waals surface area contributed by atoms with Crippen molar-refractivity contribution in [3.05, 3.63) is 47.8 Å². The fourth-order valence-electron chi connectivity index (χ4n) is 1.94. The molecule has 0 fully saturated rings. The first kappa shape index (κ1) is 17.7. The maximum atomic E-state index is 13.6. The molecule has 0 aliphatic rings. The molecule has 0 aliphatic carbocycles. The molecule has 0 aliphatic heterocycles. The number of anilines is 2. The highest BCUT2D eigenvalue weighted by Crippen LogP contribution is 2.18. The van der Waals surface area contributed by atoms with Gasteiger partial charge in [-0.3, -0.25) is 4.79 Å². The minimum atomic E-state index is -0.767. The fourth-order valence-corrected chi connectivity index (χ4v) is 1.94. The number of nitrogens with one attached hydrogen (secondary N) is 2. The summed E-state index contributed by atoms with van der Waals surface area (Å²) in [4.78, 5) is 22.0. The van der Waals surface area contributed by atoms with Crippen LogP contribution in [0, 0.1) is 11.6 Å². The topological polar surface area (TPSA) is 70.2 Å².